The van der Waals surface area contributed by atoms with E-state index in [9.17, 15) is 0 Å². The van der Waals surface area contributed by atoms with E-state index in [-0.39, 0.29) is 12.0 Å². The number of benzene rings is 6. The lowest BCUT2D eigenvalue weighted by atomic mass is 9.91. The van der Waals surface area contributed by atoms with Crippen LogP contribution in [-0.4, -0.2) is 25.6 Å². The first-order valence-corrected chi connectivity index (χ1v) is 16.9. The van der Waals surface area contributed by atoms with Gasteiger partial charge in [-0.2, -0.15) is 0 Å². The van der Waals surface area contributed by atoms with Crippen LogP contribution in [0.5, 0.6) is 5.75 Å². The van der Waals surface area contributed by atoms with Gasteiger partial charge >= 0.3 is 0 Å². The molecule has 5 heteroatoms. The standard InChI is InChI=1S/C45H30N4O/c1-2-11-30(12-3-1)43-46-44(48-45(47-43)33-25-26-38-37-17-6-9-20-41(37)50-42(38)28-33)31-23-21-29(22-24-31)32-13-10-14-34(27-32)49-39-18-7-4-15-35(39)36-16-5-8-19-40(36)49/h1-28,37,41H. The van der Waals surface area contributed by atoms with E-state index in [1.54, 1.807) is 0 Å². The van der Waals surface area contributed by atoms with Gasteiger partial charge in [-0.15, -0.1) is 0 Å². The summed E-state index contributed by atoms with van der Waals surface area (Å²) < 4.78 is 8.67. The fourth-order valence-electron chi connectivity index (χ4n) is 7.36. The second-order valence-corrected chi connectivity index (χ2v) is 12.8. The Morgan fingerprint density at radius 1 is 0.460 bits per heavy atom. The van der Waals surface area contributed by atoms with Crippen molar-refractivity contribution in [2.24, 2.45) is 0 Å². The number of hydrogen-bond acceptors (Lipinski definition) is 4. The summed E-state index contributed by atoms with van der Waals surface area (Å²) in [5, 5.41) is 2.51. The Labute approximate surface area is 289 Å². The SMILES string of the molecule is C1=CC2Oc3cc(-c4nc(-c5ccccc5)nc(-c5ccc(-c6cccc(-n7c8ccccc8c8ccccc87)c6)cc5)n4)ccc3C2C=C1. The lowest BCUT2D eigenvalue weighted by molar-refractivity contribution is 0.269. The van der Waals surface area contributed by atoms with Crippen LogP contribution in [0.1, 0.15) is 11.5 Å². The predicted octanol–water partition coefficient (Wildman–Crippen LogP) is 10.6. The summed E-state index contributed by atoms with van der Waals surface area (Å²) in [5.74, 6) is 2.99. The van der Waals surface area contributed by atoms with Gasteiger partial charge in [0.1, 0.15) is 11.9 Å². The first kappa shape index (κ1) is 28.4. The van der Waals surface area contributed by atoms with Crippen LogP contribution in [0.2, 0.25) is 0 Å². The zero-order valence-corrected chi connectivity index (χ0v) is 27.0. The molecule has 3 heterocycles. The number of ether oxygens (including phenoxy) is 1. The maximum absolute atomic E-state index is 6.32. The molecule has 0 fully saturated rings. The van der Waals surface area contributed by atoms with Crippen LogP contribution in [0.4, 0.5) is 0 Å². The summed E-state index contributed by atoms with van der Waals surface area (Å²) in [7, 11) is 0. The number of fused-ring (bicyclic) bond motifs is 6. The highest BCUT2D eigenvalue weighted by molar-refractivity contribution is 6.09. The second-order valence-electron chi connectivity index (χ2n) is 12.8. The summed E-state index contributed by atoms with van der Waals surface area (Å²) in [4.78, 5) is 14.9. The van der Waals surface area contributed by atoms with Crippen LogP contribution in [0.15, 0.2) is 170 Å². The molecule has 0 spiro atoms. The molecule has 0 amide bonds. The molecule has 1 aliphatic heterocycles. The fraction of sp³-hybridized carbons (Fsp3) is 0.0444. The monoisotopic (exact) mass is 642 g/mol. The minimum atomic E-state index is 0.0280. The third-order valence-electron chi connectivity index (χ3n) is 9.81. The van der Waals surface area contributed by atoms with E-state index in [1.807, 2.05) is 36.4 Å². The Kier molecular flexibility index (Phi) is 6.56. The van der Waals surface area contributed by atoms with Crippen molar-refractivity contribution in [3.8, 4) is 56.7 Å². The first-order valence-electron chi connectivity index (χ1n) is 16.9. The van der Waals surface area contributed by atoms with Crippen molar-refractivity contribution < 1.29 is 4.74 Å². The fourth-order valence-corrected chi connectivity index (χ4v) is 7.36. The molecule has 2 unspecified atom stereocenters. The van der Waals surface area contributed by atoms with Crippen LogP contribution in [-0.2, 0) is 0 Å². The molecule has 6 aromatic carbocycles. The second kappa shape index (κ2) is 11.5. The van der Waals surface area contributed by atoms with Crippen LogP contribution < -0.4 is 4.74 Å². The Morgan fingerprint density at radius 3 is 1.78 bits per heavy atom. The largest absolute Gasteiger partial charge is 0.485 e. The minimum absolute atomic E-state index is 0.0280. The molecule has 236 valence electrons. The number of aromatic nitrogens is 4. The smallest absolute Gasteiger partial charge is 0.164 e. The third-order valence-corrected chi connectivity index (χ3v) is 9.81. The maximum atomic E-state index is 6.32. The van der Waals surface area contributed by atoms with Gasteiger partial charge in [0, 0.05) is 44.6 Å². The number of para-hydroxylation sites is 2. The molecule has 2 atom stereocenters. The van der Waals surface area contributed by atoms with E-state index in [0.29, 0.717) is 17.5 Å². The maximum Gasteiger partial charge on any atom is 0.164 e. The summed E-state index contributed by atoms with van der Waals surface area (Å²) in [6, 6.07) is 50.9. The molecule has 0 N–H and O–H groups in total. The van der Waals surface area contributed by atoms with E-state index in [2.05, 4.69) is 138 Å². The highest BCUT2D eigenvalue weighted by atomic mass is 16.5. The van der Waals surface area contributed by atoms with E-state index < -0.39 is 0 Å². The predicted molar refractivity (Wildman–Crippen MR) is 201 cm³/mol. The minimum Gasteiger partial charge on any atom is -0.485 e. The molecule has 0 saturated heterocycles. The molecule has 2 aromatic heterocycles. The molecular weight excluding hydrogens is 613 g/mol. The summed E-state index contributed by atoms with van der Waals surface area (Å²) in [6.45, 7) is 0. The van der Waals surface area contributed by atoms with Gasteiger partial charge in [0.2, 0.25) is 0 Å². The average Bonchev–Trinajstić information content (AvgIpc) is 3.74. The number of rotatable bonds is 5. The van der Waals surface area contributed by atoms with Crippen LogP contribution >= 0.6 is 0 Å². The van der Waals surface area contributed by atoms with Crippen molar-refractivity contribution in [2.75, 3.05) is 0 Å². The quantitative estimate of drug-likeness (QED) is 0.187. The molecule has 10 rings (SSSR count). The van der Waals surface area contributed by atoms with Gasteiger partial charge in [-0.25, -0.2) is 15.0 Å². The van der Waals surface area contributed by atoms with E-state index in [4.69, 9.17) is 19.7 Å². The summed E-state index contributed by atoms with van der Waals surface area (Å²) >= 11 is 0. The molecular formula is C45H30N4O. The van der Waals surface area contributed by atoms with Crippen molar-refractivity contribution in [1.82, 2.24) is 19.5 Å². The molecule has 50 heavy (non-hydrogen) atoms. The summed E-state index contributed by atoms with van der Waals surface area (Å²) in [6.07, 6.45) is 8.48. The van der Waals surface area contributed by atoms with Gasteiger partial charge in [-0.05, 0) is 47.5 Å². The zero-order valence-electron chi connectivity index (χ0n) is 27.0. The van der Waals surface area contributed by atoms with Gasteiger partial charge in [0.15, 0.2) is 17.5 Å². The Bertz CT molecular complexity index is 2580. The Hall–Kier alpha value is -6.59. The van der Waals surface area contributed by atoms with Gasteiger partial charge in [0.25, 0.3) is 0 Å². The third kappa shape index (κ3) is 4.74. The molecule has 0 saturated carbocycles. The number of nitrogens with zero attached hydrogens (tertiary/aromatic N) is 4. The highest BCUT2D eigenvalue weighted by Crippen LogP contribution is 2.43. The molecule has 1 aliphatic carbocycles. The van der Waals surface area contributed by atoms with Crippen LogP contribution in [0, 0.1) is 0 Å². The Balaban J connectivity index is 1.03. The van der Waals surface area contributed by atoms with Gasteiger partial charge in [0.05, 0.1) is 11.0 Å². The highest BCUT2D eigenvalue weighted by Gasteiger charge is 2.32. The lowest BCUT2D eigenvalue weighted by Crippen LogP contribution is -2.15. The average molecular weight is 643 g/mol. The molecule has 8 aromatic rings. The van der Waals surface area contributed by atoms with Crippen molar-refractivity contribution in [3.05, 3.63) is 175 Å². The zero-order chi connectivity index (χ0) is 33.0. The molecule has 2 aliphatic rings. The van der Waals surface area contributed by atoms with Crippen LogP contribution in [0.3, 0.4) is 0 Å². The van der Waals surface area contributed by atoms with Crippen molar-refractivity contribution in [2.45, 2.75) is 12.0 Å². The van der Waals surface area contributed by atoms with E-state index in [0.717, 1.165) is 39.3 Å². The topological polar surface area (TPSA) is 52.8 Å². The Morgan fingerprint density at radius 2 is 1.04 bits per heavy atom. The first-order chi connectivity index (χ1) is 24.8. The van der Waals surface area contributed by atoms with Gasteiger partial charge in [-0.1, -0.05) is 133 Å². The molecule has 0 bridgehead atoms. The molecule has 0 radical (unpaired) electrons. The van der Waals surface area contributed by atoms with Crippen molar-refractivity contribution in [1.29, 1.82) is 0 Å². The summed E-state index contributed by atoms with van der Waals surface area (Å²) in [5.41, 5.74) is 9.73. The molecule has 5 nitrogen and oxygen atoms in total. The van der Waals surface area contributed by atoms with E-state index >= 15 is 0 Å². The van der Waals surface area contributed by atoms with Crippen molar-refractivity contribution >= 4 is 21.8 Å². The van der Waals surface area contributed by atoms with Gasteiger partial charge < -0.3 is 9.30 Å². The normalized spacial score (nSPS) is 16.0. The number of allylic oxidation sites excluding steroid dienone is 2. The number of hydrogen-bond donors (Lipinski definition) is 0. The van der Waals surface area contributed by atoms with Crippen LogP contribution in [0.25, 0.3) is 72.8 Å². The lowest BCUT2D eigenvalue weighted by Gasteiger charge is -2.13. The van der Waals surface area contributed by atoms with Crippen molar-refractivity contribution in [3.63, 3.8) is 0 Å². The van der Waals surface area contributed by atoms with Gasteiger partial charge in [-0.3, -0.25) is 0 Å². The van der Waals surface area contributed by atoms with E-state index in [1.165, 1.54) is 27.4 Å².